The van der Waals surface area contributed by atoms with Crippen LogP contribution in [0.4, 0.5) is 0 Å². The maximum absolute atomic E-state index is 5.93. The third-order valence-corrected chi connectivity index (χ3v) is 3.85. The molecule has 0 amide bonds. The van der Waals surface area contributed by atoms with Crippen molar-refractivity contribution in [3.05, 3.63) is 88.7 Å². The lowest BCUT2D eigenvalue weighted by Crippen LogP contribution is -2.01. The van der Waals surface area contributed by atoms with E-state index in [0.717, 1.165) is 15.6 Å². The van der Waals surface area contributed by atoms with Crippen molar-refractivity contribution < 1.29 is 9.47 Å². The van der Waals surface area contributed by atoms with Gasteiger partial charge >= 0.3 is 0 Å². The second-order valence-electron chi connectivity index (χ2n) is 5.00. The molecule has 3 aromatic rings. The monoisotopic (exact) mass is 369 g/mol. The molecule has 0 spiro atoms. The molecule has 0 bridgehead atoms. The summed E-state index contributed by atoms with van der Waals surface area (Å²) in [5.41, 5.74) is 2.20. The zero-order valence-electron chi connectivity index (χ0n) is 12.5. The van der Waals surface area contributed by atoms with Crippen LogP contribution in [-0.2, 0) is 13.2 Å². The fourth-order valence-electron chi connectivity index (χ4n) is 2.11. The number of halogens is 1. The largest absolute Gasteiger partial charge is 0.484 e. The van der Waals surface area contributed by atoms with Gasteiger partial charge in [0.15, 0.2) is 11.5 Å². The van der Waals surface area contributed by atoms with Crippen molar-refractivity contribution >= 4 is 15.9 Å². The first kappa shape index (κ1) is 15.6. The fraction of sp³-hybridized carbons (Fsp3) is 0.105. The summed E-state index contributed by atoms with van der Waals surface area (Å²) < 4.78 is 12.6. The van der Waals surface area contributed by atoms with Crippen molar-refractivity contribution in [2.75, 3.05) is 0 Å². The standard InChI is InChI=1S/C19H16BrNO2/c20-17-11-21-12-18(22-13-15-7-3-1-4-8-15)19(17)23-14-16-9-5-2-6-10-16/h1-12H,13-14H2. The number of aromatic nitrogens is 1. The minimum Gasteiger partial charge on any atom is -0.484 e. The Bertz CT molecular complexity index is 748. The summed E-state index contributed by atoms with van der Waals surface area (Å²) in [5.74, 6) is 1.29. The first-order valence-electron chi connectivity index (χ1n) is 7.30. The minimum absolute atomic E-state index is 0.473. The molecule has 0 aliphatic carbocycles. The Morgan fingerprint density at radius 1 is 0.739 bits per heavy atom. The van der Waals surface area contributed by atoms with Crippen molar-refractivity contribution in [1.29, 1.82) is 0 Å². The number of benzene rings is 2. The van der Waals surface area contributed by atoms with E-state index in [2.05, 4.69) is 20.9 Å². The summed E-state index contributed by atoms with van der Waals surface area (Å²) in [4.78, 5) is 4.16. The molecular formula is C19H16BrNO2. The van der Waals surface area contributed by atoms with Crippen molar-refractivity contribution in [2.24, 2.45) is 0 Å². The topological polar surface area (TPSA) is 31.4 Å². The van der Waals surface area contributed by atoms with Gasteiger partial charge in [-0.1, -0.05) is 60.7 Å². The molecule has 23 heavy (non-hydrogen) atoms. The average molecular weight is 370 g/mol. The molecular weight excluding hydrogens is 354 g/mol. The van der Waals surface area contributed by atoms with E-state index in [9.17, 15) is 0 Å². The summed E-state index contributed by atoms with van der Waals surface area (Å²) >= 11 is 3.48. The Kier molecular flexibility index (Phi) is 5.27. The van der Waals surface area contributed by atoms with E-state index in [1.165, 1.54) is 0 Å². The van der Waals surface area contributed by atoms with Crippen molar-refractivity contribution in [2.45, 2.75) is 13.2 Å². The number of rotatable bonds is 6. The predicted molar refractivity (Wildman–Crippen MR) is 93.5 cm³/mol. The zero-order chi connectivity index (χ0) is 15.9. The summed E-state index contributed by atoms with van der Waals surface area (Å²) in [6, 6.07) is 20.0. The van der Waals surface area contributed by atoms with Gasteiger partial charge in [0.1, 0.15) is 13.2 Å². The quantitative estimate of drug-likeness (QED) is 0.612. The highest BCUT2D eigenvalue weighted by Gasteiger charge is 2.11. The van der Waals surface area contributed by atoms with Crippen LogP contribution in [0.25, 0.3) is 0 Å². The molecule has 2 aromatic carbocycles. The molecule has 1 aromatic heterocycles. The molecule has 0 saturated carbocycles. The normalized spacial score (nSPS) is 10.3. The smallest absolute Gasteiger partial charge is 0.181 e. The van der Waals surface area contributed by atoms with Gasteiger partial charge in [-0.2, -0.15) is 0 Å². The summed E-state index contributed by atoms with van der Waals surface area (Å²) in [5, 5.41) is 0. The molecule has 1 heterocycles. The number of pyridine rings is 1. The molecule has 0 aliphatic heterocycles. The summed E-state index contributed by atoms with van der Waals surface area (Å²) in [6.45, 7) is 0.950. The molecule has 3 rings (SSSR count). The molecule has 0 radical (unpaired) electrons. The number of ether oxygens (including phenoxy) is 2. The van der Waals surface area contributed by atoms with Crippen LogP contribution in [0.15, 0.2) is 77.5 Å². The van der Waals surface area contributed by atoms with Gasteiger partial charge in [-0.3, -0.25) is 4.98 Å². The van der Waals surface area contributed by atoms with Gasteiger partial charge in [0, 0.05) is 6.20 Å². The molecule has 4 heteroatoms. The molecule has 0 saturated heterocycles. The maximum atomic E-state index is 5.93. The average Bonchev–Trinajstić information content (AvgIpc) is 2.61. The van der Waals surface area contributed by atoms with Gasteiger partial charge in [-0.25, -0.2) is 0 Å². The van der Waals surface area contributed by atoms with Crippen LogP contribution in [0.5, 0.6) is 11.5 Å². The lowest BCUT2D eigenvalue weighted by atomic mass is 10.2. The first-order chi connectivity index (χ1) is 11.3. The summed E-state index contributed by atoms with van der Waals surface area (Å²) in [6.07, 6.45) is 3.38. The van der Waals surface area contributed by atoms with Gasteiger partial charge in [-0.05, 0) is 27.1 Å². The number of hydrogen-bond donors (Lipinski definition) is 0. The Hall–Kier alpha value is -2.33. The Balaban J connectivity index is 1.71. The van der Waals surface area contributed by atoms with E-state index in [1.807, 2.05) is 60.7 Å². The third kappa shape index (κ3) is 4.33. The van der Waals surface area contributed by atoms with Gasteiger partial charge in [0.2, 0.25) is 0 Å². The van der Waals surface area contributed by atoms with E-state index < -0.39 is 0 Å². The van der Waals surface area contributed by atoms with Crippen LogP contribution in [0.2, 0.25) is 0 Å². The van der Waals surface area contributed by atoms with Crippen molar-refractivity contribution in [3.63, 3.8) is 0 Å². The highest BCUT2D eigenvalue weighted by molar-refractivity contribution is 9.10. The second kappa shape index (κ2) is 7.79. The van der Waals surface area contributed by atoms with Crippen LogP contribution >= 0.6 is 15.9 Å². The highest BCUT2D eigenvalue weighted by atomic mass is 79.9. The Morgan fingerprint density at radius 2 is 1.30 bits per heavy atom. The van der Waals surface area contributed by atoms with Crippen LogP contribution in [-0.4, -0.2) is 4.98 Å². The Morgan fingerprint density at radius 3 is 1.91 bits per heavy atom. The molecule has 0 aliphatic rings. The van der Waals surface area contributed by atoms with Gasteiger partial charge in [0.05, 0.1) is 10.7 Å². The van der Waals surface area contributed by atoms with E-state index in [-0.39, 0.29) is 0 Å². The van der Waals surface area contributed by atoms with Gasteiger partial charge in [0.25, 0.3) is 0 Å². The molecule has 0 fully saturated rings. The molecule has 0 N–H and O–H groups in total. The third-order valence-electron chi connectivity index (χ3n) is 3.28. The van der Waals surface area contributed by atoms with Crippen LogP contribution in [0, 0.1) is 0 Å². The van der Waals surface area contributed by atoms with E-state index >= 15 is 0 Å². The fourth-order valence-corrected chi connectivity index (χ4v) is 2.54. The van der Waals surface area contributed by atoms with Crippen molar-refractivity contribution in [3.8, 4) is 11.5 Å². The van der Waals surface area contributed by atoms with E-state index in [0.29, 0.717) is 24.7 Å². The molecule has 116 valence electrons. The van der Waals surface area contributed by atoms with Gasteiger partial charge in [-0.15, -0.1) is 0 Å². The maximum Gasteiger partial charge on any atom is 0.181 e. The van der Waals surface area contributed by atoms with Gasteiger partial charge < -0.3 is 9.47 Å². The van der Waals surface area contributed by atoms with E-state index in [4.69, 9.17) is 9.47 Å². The zero-order valence-corrected chi connectivity index (χ0v) is 14.1. The summed E-state index contributed by atoms with van der Waals surface area (Å²) in [7, 11) is 0. The second-order valence-corrected chi connectivity index (χ2v) is 5.85. The highest BCUT2D eigenvalue weighted by Crippen LogP contribution is 2.35. The SMILES string of the molecule is Brc1cncc(OCc2ccccc2)c1OCc1ccccc1. The Labute approximate surface area is 144 Å². The van der Waals surface area contributed by atoms with Crippen LogP contribution in [0.3, 0.4) is 0 Å². The van der Waals surface area contributed by atoms with Crippen LogP contribution in [0.1, 0.15) is 11.1 Å². The lowest BCUT2D eigenvalue weighted by molar-refractivity contribution is 0.253. The minimum atomic E-state index is 0.473. The molecule has 0 atom stereocenters. The van der Waals surface area contributed by atoms with E-state index in [1.54, 1.807) is 12.4 Å². The number of nitrogens with zero attached hydrogens (tertiary/aromatic N) is 1. The van der Waals surface area contributed by atoms with Crippen molar-refractivity contribution in [1.82, 2.24) is 4.98 Å². The molecule has 0 unspecified atom stereocenters. The lowest BCUT2D eigenvalue weighted by Gasteiger charge is -2.14. The predicted octanol–water partition coefficient (Wildman–Crippen LogP) is 5.00. The van der Waals surface area contributed by atoms with Crippen LogP contribution < -0.4 is 9.47 Å². The molecule has 3 nitrogen and oxygen atoms in total. The first-order valence-corrected chi connectivity index (χ1v) is 8.09. The number of hydrogen-bond acceptors (Lipinski definition) is 3.